The minimum absolute atomic E-state index is 0.641. The zero-order valence-corrected chi connectivity index (χ0v) is 8.12. The molecule has 0 atom stereocenters. The predicted molar refractivity (Wildman–Crippen MR) is 51.1 cm³/mol. The van der Waals surface area contributed by atoms with Crippen LogP contribution in [0.3, 0.4) is 0 Å². The van der Waals surface area contributed by atoms with Crippen LogP contribution in [0.1, 0.15) is 20.8 Å². The van der Waals surface area contributed by atoms with Gasteiger partial charge in [0, 0.05) is 19.6 Å². The molecule has 0 spiro atoms. The van der Waals surface area contributed by atoms with E-state index in [0.29, 0.717) is 25.6 Å². The van der Waals surface area contributed by atoms with Gasteiger partial charge in [0.1, 0.15) is 0 Å². The van der Waals surface area contributed by atoms with Crippen molar-refractivity contribution >= 4 is 5.96 Å². The Labute approximate surface area is 74.0 Å². The van der Waals surface area contributed by atoms with Gasteiger partial charge < -0.3 is 0 Å². The van der Waals surface area contributed by atoms with E-state index in [1.807, 2.05) is 20.8 Å². The van der Waals surface area contributed by atoms with Crippen molar-refractivity contribution in [1.82, 2.24) is 10.0 Å². The van der Waals surface area contributed by atoms with E-state index in [4.69, 9.17) is 11.7 Å². The summed E-state index contributed by atoms with van der Waals surface area (Å²) in [5.74, 6) is 12.0. The van der Waals surface area contributed by atoms with Gasteiger partial charge in [0.2, 0.25) is 5.96 Å². The Hall–Kier alpha value is -0.810. The first-order valence-electron chi connectivity index (χ1n) is 4.26. The Kier molecular flexibility index (Phi) is 5.40. The molecule has 0 rings (SSSR count). The first-order valence-corrected chi connectivity index (χ1v) is 4.26. The fourth-order valence-electron chi connectivity index (χ4n) is 0.771. The summed E-state index contributed by atoms with van der Waals surface area (Å²) in [6.07, 6.45) is 0. The Morgan fingerprint density at radius 1 is 1.08 bits per heavy atom. The molecule has 0 bridgehead atoms. The zero-order valence-electron chi connectivity index (χ0n) is 8.12. The standard InChI is InChI=1S/C7H19N5/c1-4-10-7(11(8)5-2)12(9)6-3/h4-6,8-9H2,1-3H3. The molecule has 0 saturated heterocycles. The molecule has 0 aromatic heterocycles. The summed E-state index contributed by atoms with van der Waals surface area (Å²) >= 11 is 0. The highest BCUT2D eigenvalue weighted by molar-refractivity contribution is 5.78. The maximum Gasteiger partial charge on any atom is 0.225 e. The molecular weight excluding hydrogens is 154 g/mol. The van der Waals surface area contributed by atoms with Crippen molar-refractivity contribution < 1.29 is 0 Å². The first kappa shape index (κ1) is 11.2. The third kappa shape index (κ3) is 3.06. The Morgan fingerprint density at radius 2 is 1.50 bits per heavy atom. The van der Waals surface area contributed by atoms with Gasteiger partial charge in [-0.05, 0) is 20.8 Å². The molecule has 4 N–H and O–H groups in total. The van der Waals surface area contributed by atoms with Crippen LogP contribution in [0.5, 0.6) is 0 Å². The molecule has 12 heavy (non-hydrogen) atoms. The first-order chi connectivity index (χ1) is 5.67. The molecule has 0 aliphatic heterocycles. The van der Waals surface area contributed by atoms with Gasteiger partial charge in [-0.2, -0.15) is 0 Å². The fraction of sp³-hybridized carbons (Fsp3) is 0.857. The Balaban J connectivity index is 4.32. The van der Waals surface area contributed by atoms with E-state index >= 15 is 0 Å². The van der Waals surface area contributed by atoms with E-state index in [-0.39, 0.29) is 0 Å². The van der Waals surface area contributed by atoms with Gasteiger partial charge in [-0.25, -0.2) is 11.7 Å². The van der Waals surface area contributed by atoms with E-state index in [9.17, 15) is 0 Å². The number of hydrogen-bond donors (Lipinski definition) is 2. The topological polar surface area (TPSA) is 70.9 Å². The average Bonchev–Trinajstić information content (AvgIpc) is 2.11. The molecule has 5 heteroatoms. The molecule has 0 aromatic carbocycles. The number of hydrazine groups is 2. The van der Waals surface area contributed by atoms with Crippen molar-refractivity contribution in [1.29, 1.82) is 0 Å². The van der Waals surface area contributed by atoms with Crippen LogP contribution in [0.4, 0.5) is 0 Å². The van der Waals surface area contributed by atoms with Crippen LogP contribution in [0.15, 0.2) is 4.99 Å². The highest BCUT2D eigenvalue weighted by atomic mass is 15.6. The van der Waals surface area contributed by atoms with Crippen molar-refractivity contribution in [3.8, 4) is 0 Å². The van der Waals surface area contributed by atoms with Crippen LogP contribution in [0.25, 0.3) is 0 Å². The summed E-state index contributed by atoms with van der Waals surface area (Å²) in [7, 11) is 0. The number of aliphatic imine (C=N–C) groups is 1. The minimum Gasteiger partial charge on any atom is -0.280 e. The molecule has 0 aliphatic rings. The second kappa shape index (κ2) is 5.79. The van der Waals surface area contributed by atoms with Gasteiger partial charge in [0.15, 0.2) is 0 Å². The van der Waals surface area contributed by atoms with Gasteiger partial charge in [-0.3, -0.25) is 15.0 Å². The van der Waals surface area contributed by atoms with Gasteiger partial charge in [0.25, 0.3) is 0 Å². The average molecular weight is 173 g/mol. The van der Waals surface area contributed by atoms with Crippen molar-refractivity contribution in [2.24, 2.45) is 16.7 Å². The fourth-order valence-corrected chi connectivity index (χ4v) is 0.771. The highest BCUT2D eigenvalue weighted by Gasteiger charge is 2.08. The van der Waals surface area contributed by atoms with Crippen molar-refractivity contribution in [3.63, 3.8) is 0 Å². The SMILES string of the molecule is CCN=C(N(N)CC)N(N)CC. The van der Waals surface area contributed by atoms with Crippen LogP contribution in [-0.4, -0.2) is 35.6 Å². The Bertz CT molecular complexity index is 133. The number of nitrogens with two attached hydrogens (primary N) is 2. The Morgan fingerprint density at radius 3 is 1.75 bits per heavy atom. The lowest BCUT2D eigenvalue weighted by molar-refractivity contribution is 0.345. The normalized spacial score (nSPS) is 9.42. The summed E-state index contributed by atoms with van der Waals surface area (Å²) < 4.78 is 0. The largest absolute Gasteiger partial charge is 0.280 e. The molecule has 0 saturated carbocycles. The maximum absolute atomic E-state index is 5.66. The molecule has 0 amide bonds. The minimum atomic E-state index is 0.641. The third-order valence-corrected chi connectivity index (χ3v) is 1.49. The maximum atomic E-state index is 5.66. The second-order valence-corrected chi connectivity index (χ2v) is 2.35. The van der Waals surface area contributed by atoms with E-state index in [2.05, 4.69) is 4.99 Å². The predicted octanol–water partition coefficient (Wildman–Crippen LogP) is -0.246. The lowest BCUT2D eigenvalue weighted by atomic mass is 10.6. The molecule has 0 radical (unpaired) electrons. The van der Waals surface area contributed by atoms with Crippen LogP contribution in [-0.2, 0) is 0 Å². The van der Waals surface area contributed by atoms with Crippen molar-refractivity contribution in [2.75, 3.05) is 19.6 Å². The number of hydrogen-bond acceptors (Lipinski definition) is 3. The van der Waals surface area contributed by atoms with Crippen LogP contribution in [0.2, 0.25) is 0 Å². The molecule has 0 aliphatic carbocycles. The van der Waals surface area contributed by atoms with E-state index in [0.717, 1.165) is 0 Å². The van der Waals surface area contributed by atoms with Crippen LogP contribution < -0.4 is 11.7 Å². The molecule has 5 nitrogen and oxygen atoms in total. The summed E-state index contributed by atoms with van der Waals surface area (Å²) in [4.78, 5) is 4.18. The third-order valence-electron chi connectivity index (χ3n) is 1.49. The summed E-state index contributed by atoms with van der Waals surface area (Å²) in [6.45, 7) is 7.95. The van der Waals surface area contributed by atoms with Crippen LogP contribution >= 0.6 is 0 Å². The van der Waals surface area contributed by atoms with E-state index < -0.39 is 0 Å². The molecule has 0 unspecified atom stereocenters. The van der Waals surface area contributed by atoms with Gasteiger partial charge >= 0.3 is 0 Å². The number of guanidine groups is 1. The van der Waals surface area contributed by atoms with Crippen LogP contribution in [0, 0.1) is 0 Å². The molecule has 0 aromatic rings. The van der Waals surface area contributed by atoms with E-state index in [1.165, 1.54) is 10.0 Å². The zero-order chi connectivity index (χ0) is 9.56. The number of rotatable bonds is 3. The highest BCUT2D eigenvalue weighted by Crippen LogP contribution is 1.89. The monoisotopic (exact) mass is 173 g/mol. The molecule has 0 heterocycles. The molecule has 72 valence electrons. The molecule has 0 fully saturated rings. The van der Waals surface area contributed by atoms with Crippen molar-refractivity contribution in [2.45, 2.75) is 20.8 Å². The quantitative estimate of drug-likeness (QED) is 0.267. The van der Waals surface area contributed by atoms with Gasteiger partial charge in [0.05, 0.1) is 0 Å². The summed E-state index contributed by atoms with van der Waals surface area (Å²) in [6, 6.07) is 0. The van der Waals surface area contributed by atoms with Gasteiger partial charge in [-0.15, -0.1) is 0 Å². The smallest absolute Gasteiger partial charge is 0.225 e. The van der Waals surface area contributed by atoms with Gasteiger partial charge in [-0.1, -0.05) is 0 Å². The summed E-state index contributed by atoms with van der Waals surface area (Å²) in [5, 5.41) is 3.07. The number of nitrogens with zero attached hydrogens (tertiary/aromatic N) is 3. The second-order valence-electron chi connectivity index (χ2n) is 2.35. The lowest BCUT2D eigenvalue weighted by Crippen LogP contribution is -2.51. The summed E-state index contributed by atoms with van der Waals surface area (Å²) in [5.41, 5.74) is 0. The van der Waals surface area contributed by atoms with E-state index in [1.54, 1.807) is 0 Å². The van der Waals surface area contributed by atoms with Crippen molar-refractivity contribution in [3.05, 3.63) is 0 Å². The molecular formula is C7H19N5. The lowest BCUT2D eigenvalue weighted by Gasteiger charge is -2.25.